The van der Waals surface area contributed by atoms with Gasteiger partial charge in [0.05, 0.1) is 12.7 Å². The smallest absolute Gasteiger partial charge is 0.337 e. The summed E-state index contributed by atoms with van der Waals surface area (Å²) >= 11 is 0. The summed E-state index contributed by atoms with van der Waals surface area (Å²) in [6, 6.07) is 3.32. The Bertz CT molecular complexity index is 783. The maximum absolute atomic E-state index is 12.0. The van der Waals surface area contributed by atoms with Crippen LogP contribution in [0, 0.1) is 22.7 Å². The van der Waals surface area contributed by atoms with Crippen LogP contribution in [0.3, 0.4) is 0 Å². The summed E-state index contributed by atoms with van der Waals surface area (Å²) in [6.45, 7) is 9.53. The van der Waals surface area contributed by atoms with Crippen molar-refractivity contribution in [3.8, 4) is 11.5 Å². The molecule has 4 rings (SSSR count). The van der Waals surface area contributed by atoms with Crippen LogP contribution >= 0.6 is 0 Å². The van der Waals surface area contributed by atoms with E-state index in [0.29, 0.717) is 28.6 Å². The first kappa shape index (κ1) is 18.6. The predicted octanol–water partition coefficient (Wildman–Crippen LogP) is 5.12. The number of hydrogen-bond acceptors (Lipinski definition) is 4. The largest absolute Gasteiger partial charge is 0.504 e. The number of ether oxygens (including phenoxy) is 2. The quantitative estimate of drug-likeness (QED) is 0.696. The molecule has 2 fully saturated rings. The molecule has 0 saturated heterocycles. The number of carbonyl (C=O) groups is 1. The molecule has 27 heavy (non-hydrogen) atoms. The lowest BCUT2D eigenvalue weighted by Crippen LogP contribution is -2.64. The Labute approximate surface area is 162 Å². The number of methoxy groups -OCH3 is 1. The van der Waals surface area contributed by atoms with Crippen molar-refractivity contribution in [2.75, 3.05) is 7.11 Å². The lowest BCUT2D eigenvalue weighted by molar-refractivity contribution is -0.185. The first-order valence-electron chi connectivity index (χ1n) is 10.3. The molecule has 1 spiro atoms. The van der Waals surface area contributed by atoms with Crippen molar-refractivity contribution in [1.29, 1.82) is 0 Å². The highest BCUT2D eigenvalue weighted by Crippen LogP contribution is 2.66. The second kappa shape index (κ2) is 5.89. The SMILES string of the molecule is COC(=O)c1cc(O)c2c(c1)CC1(O2)C(C)CCC2C(C)(C)CCCC21C. The van der Waals surface area contributed by atoms with Crippen molar-refractivity contribution < 1.29 is 19.4 Å². The summed E-state index contributed by atoms with van der Waals surface area (Å²) in [6.07, 6.45) is 6.78. The predicted molar refractivity (Wildman–Crippen MR) is 104 cm³/mol. The van der Waals surface area contributed by atoms with Crippen LogP contribution in [-0.2, 0) is 11.2 Å². The van der Waals surface area contributed by atoms with Gasteiger partial charge >= 0.3 is 5.97 Å². The molecular weight excluding hydrogens is 340 g/mol. The normalized spacial score (nSPS) is 36.6. The van der Waals surface area contributed by atoms with E-state index in [-0.39, 0.29) is 16.8 Å². The van der Waals surface area contributed by atoms with E-state index in [1.807, 2.05) is 6.07 Å². The molecule has 3 aliphatic rings. The van der Waals surface area contributed by atoms with Crippen LogP contribution in [0.25, 0.3) is 0 Å². The van der Waals surface area contributed by atoms with E-state index < -0.39 is 5.97 Å². The Morgan fingerprint density at radius 1 is 1.22 bits per heavy atom. The number of rotatable bonds is 1. The summed E-state index contributed by atoms with van der Waals surface area (Å²) in [4.78, 5) is 12.0. The molecular formula is C23H32O4. The van der Waals surface area contributed by atoms with Crippen LogP contribution in [-0.4, -0.2) is 23.8 Å². The molecule has 148 valence electrons. The van der Waals surface area contributed by atoms with E-state index in [1.54, 1.807) is 0 Å². The lowest BCUT2D eigenvalue weighted by atomic mass is 9.44. The average Bonchev–Trinajstić information content (AvgIpc) is 3.00. The zero-order valence-corrected chi connectivity index (χ0v) is 17.2. The van der Waals surface area contributed by atoms with Gasteiger partial charge in [0.2, 0.25) is 0 Å². The fraction of sp³-hybridized carbons (Fsp3) is 0.696. The van der Waals surface area contributed by atoms with Crippen LogP contribution < -0.4 is 4.74 Å². The van der Waals surface area contributed by atoms with Crippen molar-refractivity contribution in [2.45, 2.75) is 71.8 Å². The van der Waals surface area contributed by atoms with E-state index in [4.69, 9.17) is 9.47 Å². The Morgan fingerprint density at radius 3 is 2.67 bits per heavy atom. The molecule has 1 N–H and O–H groups in total. The van der Waals surface area contributed by atoms with Gasteiger partial charge in [-0.2, -0.15) is 0 Å². The third kappa shape index (κ3) is 2.44. The second-order valence-corrected chi connectivity index (χ2v) is 9.93. The van der Waals surface area contributed by atoms with E-state index >= 15 is 0 Å². The Morgan fingerprint density at radius 2 is 1.96 bits per heavy atom. The number of phenols is 1. The zero-order valence-electron chi connectivity index (χ0n) is 17.2. The number of aromatic hydroxyl groups is 1. The van der Waals surface area contributed by atoms with Gasteiger partial charge in [-0.3, -0.25) is 0 Å². The number of esters is 1. The van der Waals surface area contributed by atoms with Crippen molar-refractivity contribution in [3.63, 3.8) is 0 Å². The van der Waals surface area contributed by atoms with Crippen molar-refractivity contribution in [2.24, 2.45) is 22.7 Å². The summed E-state index contributed by atoms with van der Waals surface area (Å²) in [5, 5.41) is 10.6. The number of carbonyl (C=O) groups excluding carboxylic acids is 1. The first-order chi connectivity index (χ1) is 12.6. The number of hydrogen-bond donors (Lipinski definition) is 1. The van der Waals surface area contributed by atoms with Gasteiger partial charge in [0.15, 0.2) is 11.5 Å². The molecule has 2 saturated carbocycles. The Kier molecular flexibility index (Phi) is 4.07. The average molecular weight is 373 g/mol. The van der Waals surface area contributed by atoms with Crippen LogP contribution in [0.15, 0.2) is 12.1 Å². The molecule has 4 atom stereocenters. The van der Waals surface area contributed by atoms with Gasteiger partial charge in [-0.25, -0.2) is 4.79 Å². The van der Waals surface area contributed by atoms with Crippen molar-refractivity contribution >= 4 is 5.97 Å². The first-order valence-corrected chi connectivity index (χ1v) is 10.3. The summed E-state index contributed by atoms with van der Waals surface area (Å²) in [7, 11) is 1.36. The maximum atomic E-state index is 12.0. The van der Waals surface area contributed by atoms with E-state index in [9.17, 15) is 9.90 Å². The third-order valence-corrected chi connectivity index (χ3v) is 8.19. The Hall–Kier alpha value is -1.71. The summed E-state index contributed by atoms with van der Waals surface area (Å²) in [5.74, 6) is 1.21. The molecule has 0 bridgehead atoms. The maximum Gasteiger partial charge on any atom is 0.337 e. The van der Waals surface area contributed by atoms with Gasteiger partial charge in [-0.05, 0) is 55.1 Å². The van der Waals surface area contributed by atoms with Crippen LogP contribution in [0.2, 0.25) is 0 Å². The molecule has 1 heterocycles. The number of benzene rings is 1. The summed E-state index contributed by atoms with van der Waals surface area (Å²) < 4.78 is 11.6. The van der Waals surface area contributed by atoms with Crippen LogP contribution in [0.5, 0.6) is 11.5 Å². The van der Waals surface area contributed by atoms with Gasteiger partial charge in [-0.1, -0.05) is 34.1 Å². The molecule has 0 amide bonds. The molecule has 1 aromatic carbocycles. The second-order valence-electron chi connectivity index (χ2n) is 9.93. The fourth-order valence-corrected chi connectivity index (χ4v) is 6.80. The van der Waals surface area contributed by atoms with E-state index in [1.165, 1.54) is 32.4 Å². The summed E-state index contributed by atoms with van der Waals surface area (Å²) in [5.41, 5.74) is 1.37. The minimum atomic E-state index is -0.423. The highest BCUT2D eigenvalue weighted by Gasteiger charge is 2.65. The topological polar surface area (TPSA) is 55.8 Å². The van der Waals surface area contributed by atoms with Gasteiger partial charge in [0.1, 0.15) is 5.60 Å². The highest BCUT2D eigenvalue weighted by atomic mass is 16.5. The Balaban J connectivity index is 1.80. The van der Waals surface area contributed by atoms with E-state index in [2.05, 4.69) is 27.7 Å². The zero-order chi connectivity index (χ0) is 19.6. The molecule has 4 heteroatoms. The van der Waals surface area contributed by atoms with Gasteiger partial charge in [0, 0.05) is 17.4 Å². The molecule has 1 aliphatic heterocycles. The minimum absolute atomic E-state index is 0.0535. The number of fused-ring (bicyclic) bond motifs is 3. The standard InChI is InChI=1S/C23H32O4/c1-14-7-8-18-21(2,3)9-6-10-22(18,4)23(14)13-16-11-15(20(25)26-5)12-17(24)19(16)27-23/h11-12,14,18,24H,6-10,13H2,1-5H3. The molecule has 0 radical (unpaired) electrons. The highest BCUT2D eigenvalue weighted by molar-refractivity contribution is 5.90. The van der Waals surface area contributed by atoms with Gasteiger partial charge < -0.3 is 14.6 Å². The van der Waals surface area contributed by atoms with E-state index in [0.717, 1.165) is 24.8 Å². The van der Waals surface area contributed by atoms with Crippen LogP contribution in [0.1, 0.15) is 75.7 Å². The van der Waals surface area contributed by atoms with Crippen LogP contribution in [0.4, 0.5) is 0 Å². The van der Waals surface area contributed by atoms with Gasteiger partial charge in [0.25, 0.3) is 0 Å². The lowest BCUT2D eigenvalue weighted by Gasteiger charge is -2.63. The minimum Gasteiger partial charge on any atom is -0.504 e. The molecule has 4 nitrogen and oxygen atoms in total. The third-order valence-electron chi connectivity index (χ3n) is 8.19. The molecule has 4 unspecified atom stereocenters. The van der Waals surface area contributed by atoms with Crippen molar-refractivity contribution in [3.05, 3.63) is 23.3 Å². The molecule has 0 aromatic heterocycles. The number of phenolic OH excluding ortho intramolecular Hbond substituents is 1. The fourth-order valence-electron chi connectivity index (χ4n) is 6.80. The van der Waals surface area contributed by atoms with Gasteiger partial charge in [-0.15, -0.1) is 0 Å². The monoisotopic (exact) mass is 372 g/mol. The van der Waals surface area contributed by atoms with Crippen molar-refractivity contribution in [1.82, 2.24) is 0 Å². The molecule has 2 aliphatic carbocycles. The molecule has 1 aromatic rings.